The molecule has 0 amide bonds. The third-order valence-electron chi connectivity index (χ3n) is 2.26. The van der Waals surface area contributed by atoms with Crippen LogP contribution >= 0.6 is 0 Å². The Labute approximate surface area is 91.4 Å². The Morgan fingerprint density at radius 2 is 2.07 bits per heavy atom. The second kappa shape index (κ2) is 5.17. The summed E-state index contributed by atoms with van der Waals surface area (Å²) in [6.07, 6.45) is 6.02. The first-order valence-electron chi connectivity index (χ1n) is 5.03. The Kier molecular flexibility index (Phi) is 3.88. The maximum absolute atomic E-state index is 9.05. The number of nitriles is 1. The molecule has 1 nitrogen and oxygen atoms in total. The summed E-state index contributed by atoms with van der Waals surface area (Å²) < 4.78 is 0. The Morgan fingerprint density at radius 1 is 1.33 bits per heavy atom. The molecule has 0 N–H and O–H groups in total. The quantitative estimate of drug-likeness (QED) is 0.661. The van der Waals surface area contributed by atoms with Crippen LogP contribution in [0.3, 0.4) is 0 Å². The molecule has 15 heavy (non-hydrogen) atoms. The molecular formula is C14H15N. The SMILES string of the molecule is C/C=C\C(=C/C)c1ccc(C)cc1C#N. The van der Waals surface area contributed by atoms with E-state index >= 15 is 0 Å². The molecule has 1 rings (SSSR count). The van der Waals surface area contributed by atoms with Gasteiger partial charge < -0.3 is 0 Å². The summed E-state index contributed by atoms with van der Waals surface area (Å²) in [6, 6.07) is 8.19. The van der Waals surface area contributed by atoms with E-state index in [0.29, 0.717) is 0 Å². The molecule has 0 atom stereocenters. The lowest BCUT2D eigenvalue weighted by Crippen LogP contribution is -1.88. The van der Waals surface area contributed by atoms with Gasteiger partial charge in [0.15, 0.2) is 0 Å². The van der Waals surface area contributed by atoms with E-state index in [1.54, 1.807) is 0 Å². The lowest BCUT2D eigenvalue weighted by Gasteiger charge is -2.05. The van der Waals surface area contributed by atoms with Crippen molar-refractivity contribution in [2.45, 2.75) is 20.8 Å². The van der Waals surface area contributed by atoms with Crippen LogP contribution in [-0.4, -0.2) is 0 Å². The first-order chi connectivity index (χ1) is 7.22. The number of hydrogen-bond donors (Lipinski definition) is 0. The van der Waals surface area contributed by atoms with E-state index in [1.165, 1.54) is 0 Å². The van der Waals surface area contributed by atoms with Crippen LogP contribution in [0.4, 0.5) is 0 Å². The van der Waals surface area contributed by atoms with Gasteiger partial charge >= 0.3 is 0 Å². The van der Waals surface area contributed by atoms with Gasteiger partial charge in [-0.3, -0.25) is 0 Å². The molecule has 0 bridgehead atoms. The van der Waals surface area contributed by atoms with E-state index in [4.69, 9.17) is 5.26 Å². The molecule has 1 aromatic carbocycles. The fourth-order valence-electron chi connectivity index (χ4n) is 1.52. The number of nitrogens with zero attached hydrogens (tertiary/aromatic N) is 1. The summed E-state index contributed by atoms with van der Waals surface area (Å²) in [7, 11) is 0. The topological polar surface area (TPSA) is 23.8 Å². The van der Waals surface area contributed by atoms with E-state index in [2.05, 4.69) is 6.07 Å². The van der Waals surface area contributed by atoms with Gasteiger partial charge in [-0.05, 0) is 43.5 Å². The first kappa shape index (κ1) is 11.3. The van der Waals surface area contributed by atoms with Gasteiger partial charge in [0.2, 0.25) is 0 Å². The maximum Gasteiger partial charge on any atom is 0.0998 e. The van der Waals surface area contributed by atoms with Gasteiger partial charge in [-0.2, -0.15) is 5.26 Å². The highest BCUT2D eigenvalue weighted by molar-refractivity contribution is 5.77. The summed E-state index contributed by atoms with van der Waals surface area (Å²) >= 11 is 0. The van der Waals surface area contributed by atoms with E-state index in [9.17, 15) is 0 Å². The maximum atomic E-state index is 9.05. The van der Waals surface area contributed by atoms with E-state index < -0.39 is 0 Å². The van der Waals surface area contributed by atoms with Crippen molar-refractivity contribution < 1.29 is 0 Å². The zero-order chi connectivity index (χ0) is 11.3. The molecule has 0 aromatic heterocycles. The Balaban J connectivity index is 3.31. The smallest absolute Gasteiger partial charge is 0.0998 e. The Hall–Kier alpha value is -1.81. The summed E-state index contributed by atoms with van der Waals surface area (Å²) in [4.78, 5) is 0. The molecule has 0 saturated heterocycles. The summed E-state index contributed by atoms with van der Waals surface area (Å²) in [5.41, 5.74) is 3.95. The predicted octanol–water partition coefficient (Wildman–Crippen LogP) is 3.85. The highest BCUT2D eigenvalue weighted by atomic mass is 14.2. The molecule has 76 valence electrons. The standard InChI is InChI=1S/C14H15N/c1-4-6-12(5-2)14-8-7-11(3)9-13(14)10-15/h4-9H,1-3H3/b6-4-,12-5+. The van der Waals surface area contributed by atoms with Gasteiger partial charge in [0.1, 0.15) is 0 Å². The number of rotatable bonds is 2. The van der Waals surface area contributed by atoms with Crippen molar-refractivity contribution in [3.8, 4) is 6.07 Å². The molecule has 0 fully saturated rings. The van der Waals surface area contributed by atoms with Crippen molar-refractivity contribution in [2.75, 3.05) is 0 Å². The van der Waals surface area contributed by atoms with Gasteiger partial charge in [-0.15, -0.1) is 0 Å². The molecular weight excluding hydrogens is 182 g/mol. The number of benzene rings is 1. The van der Waals surface area contributed by atoms with Gasteiger partial charge in [0, 0.05) is 0 Å². The zero-order valence-corrected chi connectivity index (χ0v) is 9.41. The lowest BCUT2D eigenvalue weighted by molar-refractivity contribution is 1.40. The molecule has 0 aliphatic carbocycles. The molecule has 0 saturated carbocycles. The molecule has 0 radical (unpaired) electrons. The fraction of sp³-hybridized carbons (Fsp3) is 0.214. The largest absolute Gasteiger partial charge is 0.192 e. The van der Waals surface area contributed by atoms with Crippen LogP contribution in [0.5, 0.6) is 0 Å². The van der Waals surface area contributed by atoms with E-state index in [0.717, 1.165) is 22.3 Å². The first-order valence-corrected chi connectivity index (χ1v) is 5.03. The van der Waals surface area contributed by atoms with Crippen molar-refractivity contribution in [2.24, 2.45) is 0 Å². The monoisotopic (exact) mass is 197 g/mol. The number of aryl methyl sites for hydroxylation is 1. The second-order valence-electron chi connectivity index (χ2n) is 3.40. The molecule has 0 aliphatic rings. The summed E-state index contributed by atoms with van der Waals surface area (Å²) in [6.45, 7) is 5.95. The van der Waals surface area contributed by atoms with Crippen molar-refractivity contribution >= 4 is 5.57 Å². The van der Waals surface area contributed by atoms with Crippen molar-refractivity contribution in [1.29, 1.82) is 5.26 Å². The van der Waals surface area contributed by atoms with Gasteiger partial charge in [0.05, 0.1) is 11.6 Å². The zero-order valence-electron chi connectivity index (χ0n) is 9.41. The number of allylic oxidation sites excluding steroid dienone is 4. The average Bonchev–Trinajstić information content (AvgIpc) is 2.26. The van der Waals surface area contributed by atoms with E-state index in [1.807, 2.05) is 57.2 Å². The predicted molar refractivity (Wildman–Crippen MR) is 64.4 cm³/mol. The molecule has 0 unspecified atom stereocenters. The van der Waals surface area contributed by atoms with Crippen LogP contribution in [0, 0.1) is 18.3 Å². The minimum absolute atomic E-state index is 0.737. The highest BCUT2D eigenvalue weighted by Gasteiger charge is 2.04. The minimum atomic E-state index is 0.737. The Bertz CT molecular complexity index is 445. The van der Waals surface area contributed by atoms with Gasteiger partial charge in [0.25, 0.3) is 0 Å². The molecule has 0 aliphatic heterocycles. The van der Waals surface area contributed by atoms with E-state index in [-0.39, 0.29) is 0 Å². The third-order valence-corrected chi connectivity index (χ3v) is 2.26. The van der Waals surface area contributed by atoms with Crippen LogP contribution in [0.15, 0.2) is 36.4 Å². The van der Waals surface area contributed by atoms with Crippen LogP contribution in [0.2, 0.25) is 0 Å². The van der Waals surface area contributed by atoms with Gasteiger partial charge in [-0.1, -0.05) is 30.4 Å². The summed E-state index contributed by atoms with van der Waals surface area (Å²) in [5, 5.41) is 9.05. The van der Waals surface area contributed by atoms with Crippen LogP contribution < -0.4 is 0 Å². The Morgan fingerprint density at radius 3 is 2.60 bits per heavy atom. The molecule has 1 heteroatoms. The molecule has 0 spiro atoms. The highest BCUT2D eigenvalue weighted by Crippen LogP contribution is 2.21. The van der Waals surface area contributed by atoms with Crippen molar-refractivity contribution in [3.63, 3.8) is 0 Å². The second-order valence-corrected chi connectivity index (χ2v) is 3.40. The normalized spacial score (nSPS) is 11.7. The minimum Gasteiger partial charge on any atom is -0.192 e. The third kappa shape index (κ3) is 2.57. The van der Waals surface area contributed by atoms with Crippen LogP contribution in [-0.2, 0) is 0 Å². The number of hydrogen-bond acceptors (Lipinski definition) is 1. The molecule has 1 aromatic rings. The van der Waals surface area contributed by atoms with Crippen molar-refractivity contribution in [1.82, 2.24) is 0 Å². The molecule has 0 heterocycles. The van der Waals surface area contributed by atoms with Crippen LogP contribution in [0.25, 0.3) is 5.57 Å². The average molecular weight is 197 g/mol. The fourth-order valence-corrected chi connectivity index (χ4v) is 1.52. The van der Waals surface area contributed by atoms with Gasteiger partial charge in [-0.25, -0.2) is 0 Å². The summed E-state index contributed by atoms with van der Waals surface area (Å²) in [5.74, 6) is 0. The lowest BCUT2D eigenvalue weighted by atomic mass is 9.98. The van der Waals surface area contributed by atoms with Crippen LogP contribution in [0.1, 0.15) is 30.5 Å². The van der Waals surface area contributed by atoms with Crippen molar-refractivity contribution in [3.05, 3.63) is 53.1 Å².